The van der Waals surface area contributed by atoms with Crippen molar-refractivity contribution in [3.63, 3.8) is 0 Å². The normalized spacial score (nSPS) is 11.2. The Morgan fingerprint density at radius 3 is 2.10 bits per heavy atom. The summed E-state index contributed by atoms with van der Waals surface area (Å²) < 4.78 is 10.3. The number of ketones is 1. The molecule has 0 bridgehead atoms. The van der Waals surface area contributed by atoms with E-state index in [9.17, 15) is 9.59 Å². The molecule has 110 valence electrons. The van der Waals surface area contributed by atoms with Crippen molar-refractivity contribution in [1.29, 1.82) is 0 Å². The van der Waals surface area contributed by atoms with Crippen molar-refractivity contribution in [3.05, 3.63) is 42.0 Å². The Balaban J connectivity index is 2.44. The van der Waals surface area contributed by atoms with Gasteiger partial charge < -0.3 is 9.47 Å². The van der Waals surface area contributed by atoms with Crippen molar-refractivity contribution in [3.8, 4) is 5.75 Å². The van der Waals surface area contributed by atoms with Gasteiger partial charge in [-0.2, -0.15) is 0 Å². The molecule has 2 rings (SSSR count). The van der Waals surface area contributed by atoms with Crippen LogP contribution in [0.2, 0.25) is 0 Å². The van der Waals surface area contributed by atoms with Gasteiger partial charge in [0.15, 0.2) is 0 Å². The molecule has 0 saturated carbocycles. The molecule has 0 heterocycles. The van der Waals surface area contributed by atoms with E-state index >= 15 is 0 Å². The van der Waals surface area contributed by atoms with Crippen LogP contribution in [-0.2, 0) is 9.53 Å². The van der Waals surface area contributed by atoms with E-state index in [0.717, 1.165) is 10.8 Å². The van der Waals surface area contributed by atoms with Crippen LogP contribution in [0.4, 0.5) is 0 Å². The summed E-state index contributed by atoms with van der Waals surface area (Å²) in [4.78, 5) is 24.2. The van der Waals surface area contributed by atoms with Crippen molar-refractivity contribution in [2.24, 2.45) is 0 Å². The number of carbonyl (C=O) groups excluding carboxylic acids is 2. The first-order valence-electron chi connectivity index (χ1n) is 6.66. The van der Waals surface area contributed by atoms with Crippen LogP contribution in [0.25, 0.3) is 10.8 Å². The molecule has 0 fully saturated rings. The minimum absolute atomic E-state index is 0.213. The van der Waals surface area contributed by atoms with Crippen LogP contribution in [0, 0.1) is 0 Å². The topological polar surface area (TPSA) is 52.6 Å². The minimum atomic E-state index is -0.879. The molecule has 0 aliphatic heterocycles. The third-order valence-corrected chi connectivity index (χ3v) is 2.90. The Hall–Kier alpha value is -2.36. The molecule has 0 N–H and O–H groups in total. The summed E-state index contributed by atoms with van der Waals surface area (Å²) in [6.07, 6.45) is 0. The zero-order valence-corrected chi connectivity index (χ0v) is 12.6. The van der Waals surface area contributed by atoms with Gasteiger partial charge in [0.05, 0.1) is 12.7 Å². The molecule has 0 aliphatic rings. The fraction of sp³-hybridized carbons (Fsp3) is 0.294. The van der Waals surface area contributed by atoms with Gasteiger partial charge in [0.1, 0.15) is 11.4 Å². The smallest absolute Gasteiger partial charge is 0.380 e. The highest BCUT2D eigenvalue weighted by molar-refractivity contribution is 6.41. The third-order valence-electron chi connectivity index (χ3n) is 2.90. The van der Waals surface area contributed by atoms with Crippen molar-refractivity contribution < 1.29 is 19.1 Å². The number of benzene rings is 2. The van der Waals surface area contributed by atoms with E-state index in [2.05, 4.69) is 0 Å². The molecule has 0 saturated heterocycles. The van der Waals surface area contributed by atoms with Crippen molar-refractivity contribution >= 4 is 22.5 Å². The summed E-state index contributed by atoms with van der Waals surface area (Å²) in [5, 5.41) is 1.81. The summed E-state index contributed by atoms with van der Waals surface area (Å²) in [5.41, 5.74) is -0.498. The first-order valence-corrected chi connectivity index (χ1v) is 6.66. The van der Waals surface area contributed by atoms with E-state index in [4.69, 9.17) is 9.47 Å². The van der Waals surface area contributed by atoms with Crippen LogP contribution in [0.15, 0.2) is 36.4 Å². The molecule has 21 heavy (non-hydrogen) atoms. The number of fused-ring (bicyclic) bond motifs is 1. The SMILES string of the molecule is COc1cc2ccccc2cc1C(=O)C(=O)OC(C)(C)C. The predicted molar refractivity (Wildman–Crippen MR) is 80.7 cm³/mol. The fourth-order valence-electron chi connectivity index (χ4n) is 2.00. The highest BCUT2D eigenvalue weighted by Crippen LogP contribution is 2.27. The van der Waals surface area contributed by atoms with E-state index in [1.54, 1.807) is 32.9 Å². The number of carbonyl (C=O) groups is 2. The summed E-state index contributed by atoms with van der Waals surface area (Å²) in [7, 11) is 1.47. The van der Waals surface area contributed by atoms with Gasteiger partial charge in [0, 0.05) is 0 Å². The van der Waals surface area contributed by atoms with E-state index in [-0.39, 0.29) is 5.56 Å². The Bertz CT molecular complexity index is 695. The highest BCUT2D eigenvalue weighted by Gasteiger charge is 2.26. The Labute approximate surface area is 123 Å². The first kappa shape index (κ1) is 15.0. The summed E-state index contributed by atoms with van der Waals surface area (Å²) in [6, 6.07) is 11.0. The van der Waals surface area contributed by atoms with Crippen molar-refractivity contribution in [2.75, 3.05) is 7.11 Å². The van der Waals surface area contributed by atoms with Gasteiger partial charge in [-0.15, -0.1) is 0 Å². The number of rotatable bonds is 3. The second-order valence-corrected chi connectivity index (χ2v) is 5.73. The van der Waals surface area contributed by atoms with Crippen LogP contribution in [0.5, 0.6) is 5.75 Å². The summed E-state index contributed by atoms with van der Waals surface area (Å²) in [6.45, 7) is 5.15. The lowest BCUT2D eigenvalue weighted by molar-refractivity contribution is -0.148. The predicted octanol–water partition coefficient (Wildman–Crippen LogP) is 3.37. The standard InChI is InChI=1S/C17H18O4/c1-17(2,3)21-16(19)15(18)13-9-11-7-5-6-8-12(11)10-14(13)20-4/h5-10H,1-4H3. The molecule has 0 aliphatic carbocycles. The summed E-state index contributed by atoms with van der Waals surface area (Å²) in [5.74, 6) is -1.21. The van der Waals surface area contributed by atoms with Crippen LogP contribution < -0.4 is 4.74 Å². The number of Topliss-reactive ketones (excluding diaryl/α,β-unsaturated/α-hetero) is 1. The van der Waals surface area contributed by atoms with Gasteiger partial charge in [-0.3, -0.25) is 4.79 Å². The Morgan fingerprint density at radius 1 is 1.00 bits per heavy atom. The van der Waals surface area contributed by atoms with E-state index in [0.29, 0.717) is 5.75 Å². The molecule has 2 aromatic rings. The molecule has 0 aromatic heterocycles. The van der Waals surface area contributed by atoms with Crippen LogP contribution in [0.1, 0.15) is 31.1 Å². The lowest BCUT2D eigenvalue weighted by Gasteiger charge is -2.19. The fourth-order valence-corrected chi connectivity index (χ4v) is 2.00. The van der Waals surface area contributed by atoms with Crippen LogP contribution >= 0.6 is 0 Å². The molecule has 4 heteroatoms. The van der Waals surface area contributed by atoms with E-state index in [1.165, 1.54) is 7.11 Å². The number of hydrogen-bond donors (Lipinski definition) is 0. The molecule has 2 aromatic carbocycles. The Morgan fingerprint density at radius 2 is 1.57 bits per heavy atom. The molecule has 0 amide bonds. The molecule has 0 spiro atoms. The van der Waals surface area contributed by atoms with Gasteiger partial charge in [0.2, 0.25) is 0 Å². The van der Waals surface area contributed by atoms with Gasteiger partial charge in [-0.1, -0.05) is 24.3 Å². The first-order chi connectivity index (χ1) is 9.81. The maximum Gasteiger partial charge on any atom is 0.380 e. The largest absolute Gasteiger partial charge is 0.496 e. The van der Waals surface area contributed by atoms with Gasteiger partial charge in [-0.05, 0) is 43.7 Å². The average molecular weight is 286 g/mol. The Kier molecular flexibility index (Phi) is 3.98. The highest BCUT2D eigenvalue weighted by atomic mass is 16.6. The molecule has 0 radical (unpaired) electrons. The van der Waals surface area contributed by atoms with Gasteiger partial charge >= 0.3 is 5.97 Å². The lowest BCUT2D eigenvalue weighted by Crippen LogP contribution is -2.29. The monoisotopic (exact) mass is 286 g/mol. The quantitative estimate of drug-likeness (QED) is 0.493. The third kappa shape index (κ3) is 3.40. The van der Waals surface area contributed by atoms with E-state index in [1.807, 2.05) is 24.3 Å². The molecule has 0 unspecified atom stereocenters. The zero-order chi connectivity index (χ0) is 15.6. The number of ether oxygens (including phenoxy) is 2. The van der Waals surface area contributed by atoms with Gasteiger partial charge in [0.25, 0.3) is 5.78 Å². The second-order valence-electron chi connectivity index (χ2n) is 5.73. The van der Waals surface area contributed by atoms with Crippen molar-refractivity contribution in [1.82, 2.24) is 0 Å². The molecule has 0 atom stereocenters. The van der Waals surface area contributed by atoms with Crippen LogP contribution in [-0.4, -0.2) is 24.5 Å². The van der Waals surface area contributed by atoms with Gasteiger partial charge in [-0.25, -0.2) is 4.79 Å². The van der Waals surface area contributed by atoms with E-state index < -0.39 is 17.4 Å². The average Bonchev–Trinajstić information content (AvgIpc) is 2.43. The number of hydrogen-bond acceptors (Lipinski definition) is 4. The molecule has 4 nitrogen and oxygen atoms in total. The minimum Gasteiger partial charge on any atom is -0.496 e. The lowest BCUT2D eigenvalue weighted by atomic mass is 10.0. The van der Waals surface area contributed by atoms with Crippen LogP contribution in [0.3, 0.4) is 0 Å². The molecular weight excluding hydrogens is 268 g/mol. The van der Waals surface area contributed by atoms with Crippen molar-refractivity contribution in [2.45, 2.75) is 26.4 Å². The summed E-state index contributed by atoms with van der Waals surface area (Å²) >= 11 is 0. The molecular formula is C17H18O4. The maximum absolute atomic E-state index is 12.3. The second kappa shape index (κ2) is 5.56. The maximum atomic E-state index is 12.3. The number of esters is 1. The number of methoxy groups -OCH3 is 1. The zero-order valence-electron chi connectivity index (χ0n) is 12.6.